The van der Waals surface area contributed by atoms with Crippen molar-refractivity contribution < 1.29 is 35.9 Å². The van der Waals surface area contributed by atoms with Crippen molar-refractivity contribution >= 4 is 23.2 Å². The number of amides is 1. The third-order valence-corrected chi connectivity index (χ3v) is 5.82. The third kappa shape index (κ3) is 6.69. The van der Waals surface area contributed by atoms with E-state index in [2.05, 4.69) is 31.2 Å². The summed E-state index contributed by atoms with van der Waals surface area (Å²) >= 11 is 0. The largest absolute Gasteiger partial charge is 0.416 e. The standard InChI is InChI=1S/C25H24F6N6O2/c1-39-13-3-12-33-23(38)22-36-20(34-15-7-5-14(6-8-15)24(26,27)28)16-9-10-18(35-21(16)37-22)19-17(25(29,30)31)4-2-11-32-19/h2,4-11,19,22,32H,3,12-13H2,1H3,(H,33,38)(H,34,36)(H,35,37). The molecule has 0 bridgehead atoms. The van der Waals surface area contributed by atoms with Crippen LogP contribution in [0, 0.1) is 0 Å². The molecular formula is C25H24F6N6O2. The molecule has 14 heteroatoms. The molecule has 1 aromatic heterocycles. The molecule has 208 valence electrons. The minimum atomic E-state index is -4.62. The lowest BCUT2D eigenvalue weighted by atomic mass is 9.99. The van der Waals surface area contributed by atoms with Gasteiger partial charge in [-0.3, -0.25) is 4.79 Å². The molecule has 0 saturated heterocycles. The van der Waals surface area contributed by atoms with Crippen molar-refractivity contribution in [3.05, 3.63) is 77.1 Å². The smallest absolute Gasteiger partial charge is 0.385 e. The number of rotatable bonds is 7. The summed E-state index contributed by atoms with van der Waals surface area (Å²) in [6, 6.07) is 5.74. The van der Waals surface area contributed by atoms with Crippen molar-refractivity contribution in [3.63, 3.8) is 0 Å². The normalized spacial score (nSPS) is 18.7. The molecule has 0 aliphatic carbocycles. The second kappa shape index (κ2) is 11.4. The van der Waals surface area contributed by atoms with Crippen molar-refractivity contribution in [2.75, 3.05) is 30.9 Å². The fourth-order valence-corrected chi connectivity index (χ4v) is 3.92. The maximum Gasteiger partial charge on any atom is 0.416 e. The Labute approximate surface area is 219 Å². The molecule has 0 saturated carbocycles. The van der Waals surface area contributed by atoms with Gasteiger partial charge >= 0.3 is 12.4 Å². The number of nitrogens with zero attached hydrogens (tertiary/aromatic N) is 2. The van der Waals surface area contributed by atoms with Crippen LogP contribution in [-0.2, 0) is 15.7 Å². The predicted molar refractivity (Wildman–Crippen MR) is 132 cm³/mol. The highest BCUT2D eigenvalue weighted by atomic mass is 19.4. The number of fused-ring (bicyclic) bond motifs is 1. The molecule has 0 spiro atoms. The SMILES string of the molecule is COCCCNC(=O)C1N=C(Nc2ccc(C(F)(F)F)cc2)c2ccc(C3NC=CC=C3C(F)(F)F)nc2N1. The zero-order chi connectivity index (χ0) is 28.2. The fraction of sp³-hybridized carbons (Fsp3) is 0.320. The molecule has 2 aromatic rings. The van der Waals surface area contributed by atoms with Gasteiger partial charge in [0.05, 0.1) is 28.4 Å². The Hall–Kier alpha value is -4.07. The highest BCUT2D eigenvalue weighted by molar-refractivity contribution is 6.13. The number of nitrogens with one attached hydrogen (secondary N) is 4. The van der Waals surface area contributed by atoms with E-state index in [-0.39, 0.29) is 29.6 Å². The van der Waals surface area contributed by atoms with Gasteiger partial charge in [0.15, 0.2) is 0 Å². The average Bonchev–Trinajstić information content (AvgIpc) is 2.90. The number of anilines is 2. The molecular weight excluding hydrogens is 530 g/mol. The number of pyridine rings is 1. The van der Waals surface area contributed by atoms with E-state index < -0.39 is 41.6 Å². The van der Waals surface area contributed by atoms with Gasteiger partial charge in [-0.1, -0.05) is 6.08 Å². The Kier molecular flexibility index (Phi) is 8.14. The maximum absolute atomic E-state index is 13.6. The van der Waals surface area contributed by atoms with Gasteiger partial charge < -0.3 is 26.0 Å². The first-order valence-corrected chi connectivity index (χ1v) is 11.7. The van der Waals surface area contributed by atoms with Crippen LogP contribution in [0.15, 0.2) is 65.3 Å². The number of aromatic nitrogens is 1. The van der Waals surface area contributed by atoms with E-state index in [0.717, 1.165) is 18.2 Å². The van der Waals surface area contributed by atoms with Gasteiger partial charge in [0.25, 0.3) is 5.91 Å². The molecule has 4 N–H and O–H groups in total. The summed E-state index contributed by atoms with van der Waals surface area (Å²) in [5.41, 5.74) is -1.10. The third-order valence-electron chi connectivity index (χ3n) is 5.82. The second-order valence-electron chi connectivity index (χ2n) is 8.57. The molecule has 0 radical (unpaired) electrons. The van der Waals surface area contributed by atoms with E-state index in [1.807, 2.05) is 0 Å². The molecule has 8 nitrogen and oxygen atoms in total. The number of alkyl halides is 6. The van der Waals surface area contributed by atoms with Crippen molar-refractivity contribution in [2.24, 2.45) is 4.99 Å². The van der Waals surface area contributed by atoms with Crippen LogP contribution >= 0.6 is 0 Å². The first-order chi connectivity index (χ1) is 18.5. The molecule has 4 rings (SSSR count). The lowest BCUT2D eigenvalue weighted by Crippen LogP contribution is -2.43. The molecule has 39 heavy (non-hydrogen) atoms. The van der Waals surface area contributed by atoms with Crippen LogP contribution in [0.4, 0.5) is 37.8 Å². The van der Waals surface area contributed by atoms with Gasteiger partial charge in [0.2, 0.25) is 6.17 Å². The number of aliphatic imine (C=N–C) groups is 1. The van der Waals surface area contributed by atoms with E-state index in [9.17, 15) is 31.1 Å². The maximum atomic E-state index is 13.6. The highest BCUT2D eigenvalue weighted by Gasteiger charge is 2.40. The topological polar surface area (TPSA) is 99.7 Å². The molecule has 1 aromatic carbocycles. The predicted octanol–water partition coefficient (Wildman–Crippen LogP) is 4.51. The molecule has 2 atom stereocenters. The van der Waals surface area contributed by atoms with E-state index >= 15 is 0 Å². The summed E-state index contributed by atoms with van der Waals surface area (Å²) in [4.78, 5) is 21.5. The van der Waals surface area contributed by atoms with E-state index in [1.165, 1.54) is 43.7 Å². The summed E-state index contributed by atoms with van der Waals surface area (Å²) in [6.07, 6.45) is -6.27. The molecule has 0 fully saturated rings. The Morgan fingerprint density at radius 1 is 1.05 bits per heavy atom. The lowest BCUT2D eigenvalue weighted by Gasteiger charge is -2.28. The van der Waals surface area contributed by atoms with E-state index in [4.69, 9.17) is 4.74 Å². The van der Waals surface area contributed by atoms with Crippen LogP contribution in [0.3, 0.4) is 0 Å². The van der Waals surface area contributed by atoms with Gasteiger partial charge in [-0.15, -0.1) is 0 Å². The summed E-state index contributed by atoms with van der Waals surface area (Å²) in [5, 5.41) is 11.1. The number of ether oxygens (including phenoxy) is 1. The Morgan fingerprint density at radius 2 is 1.79 bits per heavy atom. The quantitative estimate of drug-likeness (QED) is 0.297. The van der Waals surface area contributed by atoms with Gasteiger partial charge in [0, 0.05) is 25.9 Å². The number of halogens is 6. The average molecular weight is 554 g/mol. The summed E-state index contributed by atoms with van der Waals surface area (Å²) < 4.78 is 84.7. The van der Waals surface area contributed by atoms with Crippen LogP contribution in [0.2, 0.25) is 0 Å². The van der Waals surface area contributed by atoms with Crippen LogP contribution in [-0.4, -0.2) is 49.3 Å². The zero-order valence-corrected chi connectivity index (χ0v) is 20.5. The van der Waals surface area contributed by atoms with Crippen LogP contribution < -0.4 is 21.3 Å². The van der Waals surface area contributed by atoms with Crippen molar-refractivity contribution in [1.29, 1.82) is 0 Å². The number of methoxy groups -OCH3 is 1. The summed E-state index contributed by atoms with van der Waals surface area (Å²) in [5.74, 6) is -0.361. The molecule has 1 amide bonds. The van der Waals surface area contributed by atoms with E-state index in [0.29, 0.717) is 18.6 Å². The minimum Gasteiger partial charge on any atom is -0.385 e. The molecule has 2 unspecified atom stereocenters. The van der Waals surface area contributed by atoms with Gasteiger partial charge in [-0.25, -0.2) is 9.98 Å². The second-order valence-corrected chi connectivity index (χ2v) is 8.57. The minimum absolute atomic E-state index is 0.0317. The fourth-order valence-electron chi connectivity index (χ4n) is 3.92. The van der Waals surface area contributed by atoms with Crippen molar-refractivity contribution in [2.45, 2.75) is 31.0 Å². The number of allylic oxidation sites excluding steroid dienone is 2. The monoisotopic (exact) mass is 554 g/mol. The van der Waals surface area contributed by atoms with Crippen LogP contribution in [0.5, 0.6) is 0 Å². The number of carbonyl (C=O) groups excluding carboxylic acids is 1. The van der Waals surface area contributed by atoms with Crippen molar-refractivity contribution in [1.82, 2.24) is 15.6 Å². The highest BCUT2D eigenvalue weighted by Crippen LogP contribution is 2.37. The number of dihydropyridines is 1. The number of amidine groups is 1. The Balaban J connectivity index is 1.65. The van der Waals surface area contributed by atoms with Gasteiger partial charge in [0.1, 0.15) is 11.7 Å². The van der Waals surface area contributed by atoms with Crippen molar-refractivity contribution in [3.8, 4) is 0 Å². The molecule has 2 aliphatic rings. The first-order valence-electron chi connectivity index (χ1n) is 11.7. The zero-order valence-electron chi connectivity index (χ0n) is 20.5. The summed E-state index contributed by atoms with van der Waals surface area (Å²) in [7, 11) is 1.52. The van der Waals surface area contributed by atoms with Crippen LogP contribution in [0.25, 0.3) is 0 Å². The lowest BCUT2D eigenvalue weighted by molar-refractivity contribution is -0.137. The molecule has 2 aliphatic heterocycles. The number of benzene rings is 1. The summed E-state index contributed by atoms with van der Waals surface area (Å²) in [6.45, 7) is 0.689. The van der Waals surface area contributed by atoms with E-state index in [1.54, 1.807) is 0 Å². The number of hydrogen-bond acceptors (Lipinski definition) is 7. The van der Waals surface area contributed by atoms with Crippen LogP contribution in [0.1, 0.15) is 29.3 Å². The number of carbonyl (C=O) groups is 1. The Morgan fingerprint density at radius 3 is 2.46 bits per heavy atom. The first kappa shape index (κ1) is 28.0. The number of hydrogen-bond donors (Lipinski definition) is 4. The van der Waals surface area contributed by atoms with Gasteiger partial charge in [-0.05, 0) is 55.1 Å². The molecule has 3 heterocycles. The Bertz CT molecular complexity index is 1290. The van der Waals surface area contributed by atoms with Gasteiger partial charge in [-0.2, -0.15) is 26.3 Å².